The lowest BCUT2D eigenvalue weighted by Gasteiger charge is -2.32. The standard InChI is InChI=1S/C18H18N2O4S/c21-17(12-3-4-14-15(10-12)24-11-23-14)19-13-5-7-20(8-6-13)18(22)16-2-1-9-25-16/h1-4,9-10,13H,5-8,11H2,(H,19,21). The Bertz CT molecular complexity index is 782. The molecule has 7 heteroatoms. The number of hydrogen-bond donors (Lipinski definition) is 1. The van der Waals surface area contributed by atoms with Crippen LogP contribution in [-0.4, -0.2) is 42.6 Å². The third-order valence-corrected chi connectivity index (χ3v) is 5.34. The first-order valence-corrected chi connectivity index (χ1v) is 9.12. The topological polar surface area (TPSA) is 67.9 Å². The first kappa shape index (κ1) is 16.0. The van der Waals surface area contributed by atoms with Crippen molar-refractivity contribution in [3.05, 3.63) is 46.2 Å². The van der Waals surface area contributed by atoms with Gasteiger partial charge in [-0.15, -0.1) is 11.3 Å². The second-order valence-corrected chi connectivity index (χ2v) is 7.03. The fourth-order valence-electron chi connectivity index (χ4n) is 3.09. The van der Waals surface area contributed by atoms with E-state index in [9.17, 15) is 9.59 Å². The van der Waals surface area contributed by atoms with Crippen LogP contribution in [-0.2, 0) is 0 Å². The van der Waals surface area contributed by atoms with E-state index in [1.165, 1.54) is 11.3 Å². The number of thiophene rings is 1. The van der Waals surface area contributed by atoms with E-state index >= 15 is 0 Å². The molecule has 6 nitrogen and oxygen atoms in total. The number of ether oxygens (including phenoxy) is 2. The number of rotatable bonds is 3. The maximum atomic E-state index is 12.4. The summed E-state index contributed by atoms with van der Waals surface area (Å²) in [6, 6.07) is 8.99. The zero-order valence-corrected chi connectivity index (χ0v) is 14.4. The summed E-state index contributed by atoms with van der Waals surface area (Å²) < 4.78 is 10.6. The minimum Gasteiger partial charge on any atom is -0.454 e. The van der Waals surface area contributed by atoms with E-state index < -0.39 is 0 Å². The van der Waals surface area contributed by atoms with Crippen LogP contribution in [0.2, 0.25) is 0 Å². The number of fused-ring (bicyclic) bond motifs is 1. The molecule has 130 valence electrons. The molecule has 3 heterocycles. The van der Waals surface area contributed by atoms with Crippen molar-refractivity contribution in [2.45, 2.75) is 18.9 Å². The van der Waals surface area contributed by atoms with Crippen molar-refractivity contribution >= 4 is 23.2 Å². The van der Waals surface area contributed by atoms with Gasteiger partial charge in [0, 0.05) is 24.7 Å². The fourth-order valence-corrected chi connectivity index (χ4v) is 3.78. The van der Waals surface area contributed by atoms with Crippen LogP contribution >= 0.6 is 11.3 Å². The van der Waals surface area contributed by atoms with Crippen LogP contribution in [0.15, 0.2) is 35.7 Å². The number of carbonyl (C=O) groups excluding carboxylic acids is 2. The molecule has 1 aromatic heterocycles. The van der Waals surface area contributed by atoms with E-state index in [-0.39, 0.29) is 24.6 Å². The number of nitrogens with zero attached hydrogens (tertiary/aromatic N) is 1. The van der Waals surface area contributed by atoms with Gasteiger partial charge in [-0.05, 0) is 42.5 Å². The molecule has 0 aliphatic carbocycles. The molecule has 2 aliphatic heterocycles. The predicted molar refractivity (Wildman–Crippen MR) is 93.3 cm³/mol. The number of piperidine rings is 1. The predicted octanol–water partition coefficient (Wildman–Crippen LogP) is 2.51. The lowest BCUT2D eigenvalue weighted by Crippen LogP contribution is -2.46. The SMILES string of the molecule is O=C(NC1CCN(C(=O)c2cccs2)CC1)c1ccc2c(c1)OCO2. The van der Waals surface area contributed by atoms with Crippen LogP contribution in [0.1, 0.15) is 32.9 Å². The van der Waals surface area contributed by atoms with E-state index in [4.69, 9.17) is 9.47 Å². The van der Waals surface area contributed by atoms with Gasteiger partial charge in [0.25, 0.3) is 11.8 Å². The summed E-state index contributed by atoms with van der Waals surface area (Å²) in [6.45, 7) is 1.50. The highest BCUT2D eigenvalue weighted by Crippen LogP contribution is 2.32. The Morgan fingerprint density at radius 2 is 1.92 bits per heavy atom. The normalized spacial score (nSPS) is 16.7. The summed E-state index contributed by atoms with van der Waals surface area (Å²) in [7, 11) is 0. The summed E-state index contributed by atoms with van der Waals surface area (Å²) in [5.74, 6) is 1.22. The van der Waals surface area contributed by atoms with Crippen LogP contribution in [0.4, 0.5) is 0 Å². The molecule has 1 fully saturated rings. The Morgan fingerprint density at radius 1 is 1.12 bits per heavy atom. The summed E-state index contributed by atoms with van der Waals surface area (Å²) >= 11 is 1.46. The Labute approximate surface area is 149 Å². The zero-order chi connectivity index (χ0) is 17.2. The van der Waals surface area contributed by atoms with E-state index in [1.807, 2.05) is 22.4 Å². The third kappa shape index (κ3) is 3.32. The van der Waals surface area contributed by atoms with Crippen LogP contribution in [0, 0.1) is 0 Å². The molecule has 0 radical (unpaired) electrons. The highest BCUT2D eigenvalue weighted by molar-refractivity contribution is 7.12. The highest BCUT2D eigenvalue weighted by atomic mass is 32.1. The van der Waals surface area contributed by atoms with Crippen molar-refractivity contribution in [1.82, 2.24) is 10.2 Å². The molecular formula is C18H18N2O4S. The van der Waals surface area contributed by atoms with Gasteiger partial charge < -0.3 is 19.7 Å². The molecule has 25 heavy (non-hydrogen) atoms. The average molecular weight is 358 g/mol. The van der Waals surface area contributed by atoms with Gasteiger partial charge >= 0.3 is 0 Å². The third-order valence-electron chi connectivity index (χ3n) is 4.48. The van der Waals surface area contributed by atoms with Gasteiger partial charge in [-0.25, -0.2) is 0 Å². The average Bonchev–Trinajstić information content (AvgIpc) is 3.32. The van der Waals surface area contributed by atoms with E-state index in [0.717, 1.165) is 17.7 Å². The van der Waals surface area contributed by atoms with Gasteiger partial charge in [0.1, 0.15) is 0 Å². The van der Waals surface area contributed by atoms with Crippen molar-refractivity contribution in [3.8, 4) is 11.5 Å². The molecular weight excluding hydrogens is 340 g/mol. The largest absolute Gasteiger partial charge is 0.454 e. The van der Waals surface area contributed by atoms with Crippen LogP contribution < -0.4 is 14.8 Å². The summed E-state index contributed by atoms with van der Waals surface area (Å²) in [6.07, 6.45) is 1.51. The minimum absolute atomic E-state index is 0.0744. The lowest BCUT2D eigenvalue weighted by molar-refractivity contribution is 0.0702. The summed E-state index contributed by atoms with van der Waals surface area (Å²) in [4.78, 5) is 27.4. The maximum Gasteiger partial charge on any atom is 0.263 e. The molecule has 1 aromatic carbocycles. The second-order valence-electron chi connectivity index (χ2n) is 6.09. The second kappa shape index (κ2) is 6.76. The molecule has 1 saturated heterocycles. The maximum absolute atomic E-state index is 12.4. The molecule has 0 spiro atoms. The fraction of sp³-hybridized carbons (Fsp3) is 0.333. The molecule has 0 saturated carbocycles. The summed E-state index contributed by atoms with van der Waals surface area (Å²) in [5.41, 5.74) is 0.557. The molecule has 0 unspecified atom stereocenters. The smallest absolute Gasteiger partial charge is 0.263 e. The van der Waals surface area contributed by atoms with Crippen molar-refractivity contribution in [3.63, 3.8) is 0 Å². The molecule has 2 amide bonds. The van der Waals surface area contributed by atoms with Crippen LogP contribution in [0.3, 0.4) is 0 Å². The van der Waals surface area contributed by atoms with Gasteiger partial charge in [-0.2, -0.15) is 0 Å². The molecule has 2 aromatic rings. The Kier molecular flexibility index (Phi) is 4.31. The Hall–Kier alpha value is -2.54. The van der Waals surface area contributed by atoms with Crippen molar-refractivity contribution in [2.75, 3.05) is 19.9 Å². The van der Waals surface area contributed by atoms with Crippen LogP contribution in [0.5, 0.6) is 11.5 Å². The van der Waals surface area contributed by atoms with Crippen molar-refractivity contribution in [1.29, 1.82) is 0 Å². The monoisotopic (exact) mass is 358 g/mol. The molecule has 0 bridgehead atoms. The van der Waals surface area contributed by atoms with E-state index in [1.54, 1.807) is 18.2 Å². The highest BCUT2D eigenvalue weighted by Gasteiger charge is 2.25. The number of benzene rings is 1. The first-order valence-electron chi connectivity index (χ1n) is 8.24. The number of amides is 2. The van der Waals surface area contributed by atoms with E-state index in [2.05, 4.69) is 5.32 Å². The quantitative estimate of drug-likeness (QED) is 0.915. The number of likely N-dealkylation sites (tertiary alicyclic amines) is 1. The minimum atomic E-state index is -0.124. The van der Waals surface area contributed by atoms with Gasteiger partial charge in [0.2, 0.25) is 6.79 Å². The van der Waals surface area contributed by atoms with Gasteiger partial charge in [0.15, 0.2) is 11.5 Å². The van der Waals surface area contributed by atoms with Gasteiger partial charge in [0.05, 0.1) is 4.88 Å². The molecule has 0 atom stereocenters. The first-order chi connectivity index (χ1) is 12.2. The molecule has 1 N–H and O–H groups in total. The van der Waals surface area contributed by atoms with Gasteiger partial charge in [-0.1, -0.05) is 6.07 Å². The zero-order valence-electron chi connectivity index (χ0n) is 13.6. The lowest BCUT2D eigenvalue weighted by atomic mass is 10.0. The van der Waals surface area contributed by atoms with Crippen molar-refractivity contribution < 1.29 is 19.1 Å². The number of nitrogens with one attached hydrogen (secondary N) is 1. The Morgan fingerprint density at radius 3 is 2.68 bits per heavy atom. The summed E-state index contributed by atoms with van der Waals surface area (Å²) in [5, 5.41) is 4.96. The van der Waals surface area contributed by atoms with Gasteiger partial charge in [-0.3, -0.25) is 9.59 Å². The molecule has 4 rings (SSSR count). The number of hydrogen-bond acceptors (Lipinski definition) is 5. The van der Waals surface area contributed by atoms with E-state index in [0.29, 0.717) is 30.2 Å². The van der Waals surface area contributed by atoms with Crippen molar-refractivity contribution in [2.24, 2.45) is 0 Å². The number of carbonyl (C=O) groups is 2. The molecule has 2 aliphatic rings. The van der Waals surface area contributed by atoms with Crippen LogP contribution in [0.25, 0.3) is 0 Å². The Balaban J connectivity index is 1.32.